The number of carboxylic acid groups (broad SMARTS) is 1. The summed E-state index contributed by atoms with van der Waals surface area (Å²) in [7, 11) is 0. The van der Waals surface area contributed by atoms with Gasteiger partial charge < -0.3 is 5.11 Å². The van der Waals surface area contributed by atoms with Crippen molar-refractivity contribution in [3.05, 3.63) is 24.3 Å². The van der Waals surface area contributed by atoms with Gasteiger partial charge in [0.15, 0.2) is 0 Å². The number of carbonyl (C=O) groups is 1. The molecule has 1 N–H and O–H groups in total. The highest BCUT2D eigenvalue weighted by Gasteiger charge is 2.08. The van der Waals surface area contributed by atoms with Gasteiger partial charge in [0.1, 0.15) is 0 Å². The second-order valence-electron chi connectivity index (χ2n) is 2.14. The smallest absolute Gasteiger partial charge is 0.331 e. The van der Waals surface area contributed by atoms with Crippen LogP contribution in [0, 0.1) is 5.92 Å². The van der Waals surface area contributed by atoms with Crippen molar-refractivity contribution in [2.75, 3.05) is 0 Å². The maximum atomic E-state index is 10.3. The summed E-state index contributed by atoms with van der Waals surface area (Å²) in [6, 6.07) is 0. The largest absolute Gasteiger partial charge is 0.478 e. The Morgan fingerprint density at radius 2 is 2.20 bits per heavy atom. The van der Waals surface area contributed by atoms with Gasteiger partial charge in [-0.15, -0.1) is 0 Å². The molecule has 2 nitrogen and oxygen atoms in total. The standard InChI is InChI=1S/C8H12O2/c1-4-5-6(2)7(3)8(9)10/h4-6H,3H2,1-2H3,(H,9,10). The van der Waals surface area contributed by atoms with E-state index < -0.39 is 5.97 Å². The Hall–Kier alpha value is -1.05. The minimum atomic E-state index is -0.925. The zero-order valence-electron chi connectivity index (χ0n) is 6.29. The van der Waals surface area contributed by atoms with E-state index in [1.165, 1.54) is 0 Å². The molecule has 1 atom stereocenters. The van der Waals surface area contributed by atoms with E-state index in [0.29, 0.717) is 0 Å². The van der Waals surface area contributed by atoms with Gasteiger partial charge in [-0.3, -0.25) is 0 Å². The van der Waals surface area contributed by atoms with Gasteiger partial charge in [-0.1, -0.05) is 25.7 Å². The average molecular weight is 140 g/mol. The van der Waals surface area contributed by atoms with Crippen molar-refractivity contribution in [2.24, 2.45) is 5.92 Å². The quantitative estimate of drug-likeness (QED) is 0.479. The van der Waals surface area contributed by atoms with E-state index in [-0.39, 0.29) is 11.5 Å². The highest BCUT2D eigenvalue weighted by Crippen LogP contribution is 2.08. The van der Waals surface area contributed by atoms with Crippen LogP contribution in [0.4, 0.5) is 0 Å². The van der Waals surface area contributed by atoms with E-state index in [2.05, 4.69) is 6.58 Å². The Morgan fingerprint density at radius 3 is 2.50 bits per heavy atom. The van der Waals surface area contributed by atoms with Crippen LogP contribution in [-0.2, 0) is 4.79 Å². The zero-order valence-corrected chi connectivity index (χ0v) is 6.29. The summed E-state index contributed by atoms with van der Waals surface area (Å²) < 4.78 is 0. The predicted molar refractivity (Wildman–Crippen MR) is 40.8 cm³/mol. The molecule has 56 valence electrons. The number of allylic oxidation sites excluding steroid dienone is 2. The molecule has 0 fully saturated rings. The van der Waals surface area contributed by atoms with Gasteiger partial charge in [-0.05, 0) is 6.92 Å². The SMILES string of the molecule is C=C(C(=O)O)C(C)C=CC. The molecule has 0 saturated heterocycles. The molecule has 0 bridgehead atoms. The molecule has 0 aromatic carbocycles. The summed E-state index contributed by atoms with van der Waals surface area (Å²) in [6.07, 6.45) is 3.62. The third-order valence-corrected chi connectivity index (χ3v) is 1.31. The molecule has 0 aromatic rings. The summed E-state index contributed by atoms with van der Waals surface area (Å²) in [5.41, 5.74) is 0.234. The van der Waals surface area contributed by atoms with Crippen molar-refractivity contribution in [2.45, 2.75) is 13.8 Å². The molecule has 10 heavy (non-hydrogen) atoms. The second-order valence-corrected chi connectivity index (χ2v) is 2.14. The van der Waals surface area contributed by atoms with E-state index in [1.807, 2.05) is 13.0 Å². The van der Waals surface area contributed by atoms with Crippen molar-refractivity contribution in [3.8, 4) is 0 Å². The van der Waals surface area contributed by atoms with Gasteiger partial charge >= 0.3 is 5.97 Å². The molecule has 2 heteroatoms. The molecule has 0 spiro atoms. The summed E-state index contributed by atoms with van der Waals surface area (Å²) >= 11 is 0. The molecule has 0 aliphatic heterocycles. The summed E-state index contributed by atoms with van der Waals surface area (Å²) in [6.45, 7) is 7.08. The fourth-order valence-corrected chi connectivity index (χ4v) is 0.600. The molecule has 0 amide bonds. The van der Waals surface area contributed by atoms with Crippen LogP contribution >= 0.6 is 0 Å². The summed E-state index contributed by atoms with van der Waals surface area (Å²) in [4.78, 5) is 10.3. The van der Waals surface area contributed by atoms with E-state index in [9.17, 15) is 4.79 Å². The topological polar surface area (TPSA) is 37.3 Å². The first-order chi connectivity index (χ1) is 4.59. The first-order valence-corrected chi connectivity index (χ1v) is 3.14. The van der Waals surface area contributed by atoms with Crippen molar-refractivity contribution < 1.29 is 9.90 Å². The Morgan fingerprint density at radius 1 is 1.70 bits per heavy atom. The van der Waals surface area contributed by atoms with Crippen molar-refractivity contribution in [3.63, 3.8) is 0 Å². The number of hydrogen-bond donors (Lipinski definition) is 1. The molecule has 0 aromatic heterocycles. The molecule has 0 radical (unpaired) electrons. The van der Waals surface area contributed by atoms with Gasteiger partial charge in [-0.2, -0.15) is 0 Å². The van der Waals surface area contributed by atoms with E-state index >= 15 is 0 Å². The molecule has 0 heterocycles. The van der Waals surface area contributed by atoms with Crippen LogP contribution in [0.5, 0.6) is 0 Å². The van der Waals surface area contributed by atoms with Crippen LogP contribution in [0.15, 0.2) is 24.3 Å². The van der Waals surface area contributed by atoms with Crippen LogP contribution in [0.25, 0.3) is 0 Å². The molecule has 0 saturated carbocycles. The van der Waals surface area contributed by atoms with Crippen LogP contribution in [0.2, 0.25) is 0 Å². The lowest BCUT2D eigenvalue weighted by molar-refractivity contribution is -0.133. The van der Waals surface area contributed by atoms with Gasteiger partial charge in [0.25, 0.3) is 0 Å². The van der Waals surface area contributed by atoms with E-state index in [4.69, 9.17) is 5.11 Å². The van der Waals surface area contributed by atoms with Gasteiger partial charge in [0, 0.05) is 11.5 Å². The van der Waals surface area contributed by atoms with Crippen LogP contribution in [0.1, 0.15) is 13.8 Å². The van der Waals surface area contributed by atoms with Crippen LogP contribution < -0.4 is 0 Å². The molecule has 0 aliphatic carbocycles. The third kappa shape index (κ3) is 2.49. The van der Waals surface area contributed by atoms with Gasteiger partial charge in [-0.25, -0.2) is 4.79 Å². The molecular formula is C8H12O2. The van der Waals surface area contributed by atoms with Crippen molar-refractivity contribution in [1.82, 2.24) is 0 Å². The van der Waals surface area contributed by atoms with Crippen molar-refractivity contribution >= 4 is 5.97 Å². The fourth-order valence-electron chi connectivity index (χ4n) is 0.600. The first-order valence-electron chi connectivity index (χ1n) is 3.14. The molecule has 0 rings (SSSR count). The Labute approximate surface area is 60.9 Å². The third-order valence-electron chi connectivity index (χ3n) is 1.31. The van der Waals surface area contributed by atoms with E-state index in [1.54, 1.807) is 13.0 Å². The lowest BCUT2D eigenvalue weighted by Gasteiger charge is -2.03. The van der Waals surface area contributed by atoms with Gasteiger partial charge in [0.2, 0.25) is 0 Å². The maximum Gasteiger partial charge on any atom is 0.331 e. The summed E-state index contributed by atoms with van der Waals surface area (Å²) in [5.74, 6) is -0.993. The fraction of sp³-hybridized carbons (Fsp3) is 0.375. The normalized spacial score (nSPS) is 13.4. The number of hydrogen-bond acceptors (Lipinski definition) is 1. The minimum absolute atomic E-state index is 0.0671. The second kappa shape index (κ2) is 3.88. The van der Waals surface area contributed by atoms with Crippen LogP contribution in [0.3, 0.4) is 0 Å². The highest BCUT2D eigenvalue weighted by molar-refractivity contribution is 5.86. The first kappa shape index (κ1) is 8.95. The molecular weight excluding hydrogens is 128 g/mol. The average Bonchev–Trinajstić information content (AvgIpc) is 1.87. The predicted octanol–water partition coefficient (Wildman–Crippen LogP) is 1.84. The Bertz CT molecular complexity index is 168. The number of carboxylic acids is 1. The lowest BCUT2D eigenvalue weighted by atomic mass is 10.0. The van der Waals surface area contributed by atoms with Gasteiger partial charge in [0.05, 0.1) is 0 Å². The zero-order chi connectivity index (χ0) is 8.15. The number of rotatable bonds is 3. The van der Waals surface area contributed by atoms with Crippen LogP contribution in [-0.4, -0.2) is 11.1 Å². The molecule has 1 unspecified atom stereocenters. The number of aliphatic carboxylic acids is 1. The Balaban J connectivity index is 4.08. The highest BCUT2D eigenvalue weighted by atomic mass is 16.4. The maximum absolute atomic E-state index is 10.3. The van der Waals surface area contributed by atoms with E-state index in [0.717, 1.165) is 0 Å². The summed E-state index contributed by atoms with van der Waals surface area (Å²) in [5, 5.41) is 8.45. The monoisotopic (exact) mass is 140 g/mol. The minimum Gasteiger partial charge on any atom is -0.478 e. The van der Waals surface area contributed by atoms with Crippen molar-refractivity contribution in [1.29, 1.82) is 0 Å². The Kier molecular flexibility index (Phi) is 3.47. The molecule has 0 aliphatic rings. The lowest BCUT2D eigenvalue weighted by Crippen LogP contribution is -2.05.